The van der Waals surface area contributed by atoms with Crippen LogP contribution in [0.15, 0.2) is 85.2 Å². The minimum atomic E-state index is 0.826. The first kappa shape index (κ1) is 37.3. The molecule has 4 rings (SSSR count). The summed E-state index contributed by atoms with van der Waals surface area (Å²) in [6.07, 6.45) is 23.3. The minimum absolute atomic E-state index is 0.826. The fourth-order valence-corrected chi connectivity index (χ4v) is 5.25. The van der Waals surface area contributed by atoms with Crippen LogP contribution < -0.4 is 0 Å². The Balaban J connectivity index is 0.000000256. The minimum Gasteiger partial charge on any atom is -0.248 e. The quantitative estimate of drug-likeness (QED) is 0.0971. The van der Waals surface area contributed by atoms with Crippen molar-refractivity contribution in [2.75, 3.05) is 0 Å². The highest BCUT2D eigenvalue weighted by Crippen LogP contribution is 2.12. The van der Waals surface area contributed by atoms with Gasteiger partial charge in [0.05, 0.1) is 0 Å². The first-order chi connectivity index (χ1) is 23.1. The van der Waals surface area contributed by atoms with Crippen LogP contribution in [0.5, 0.6) is 0 Å². The van der Waals surface area contributed by atoms with Crippen molar-refractivity contribution in [3.63, 3.8) is 0 Å². The van der Waals surface area contributed by atoms with Gasteiger partial charge in [-0.1, -0.05) is 133 Å². The number of benzene rings is 2. The summed E-state index contributed by atoms with van der Waals surface area (Å²) in [6, 6.07) is 25.4. The molecule has 0 aliphatic rings. The van der Waals surface area contributed by atoms with Gasteiger partial charge in [-0.2, -0.15) is 0 Å². The third-order valence-corrected chi connectivity index (χ3v) is 8.36. The number of hydrogen-bond acceptors (Lipinski definition) is 2. The van der Waals surface area contributed by atoms with E-state index in [1.165, 1.54) is 107 Å². The van der Waals surface area contributed by atoms with Crippen molar-refractivity contribution in [2.24, 2.45) is 0 Å². The van der Waals surface area contributed by atoms with E-state index >= 15 is 0 Å². The molecule has 47 heavy (non-hydrogen) atoms. The van der Waals surface area contributed by atoms with Crippen molar-refractivity contribution in [3.8, 4) is 23.7 Å². The van der Waals surface area contributed by atoms with E-state index in [-0.39, 0.29) is 0 Å². The second-order valence-electron chi connectivity index (χ2n) is 12.6. The highest BCUT2D eigenvalue weighted by atomic mass is 14.7. The van der Waals surface area contributed by atoms with Gasteiger partial charge in [0.2, 0.25) is 0 Å². The molecule has 0 fully saturated rings. The van der Waals surface area contributed by atoms with Crippen molar-refractivity contribution in [3.05, 3.63) is 130 Å². The monoisotopic (exact) mass is 624 g/mol. The van der Waals surface area contributed by atoms with Gasteiger partial charge in [-0.25, -0.2) is 9.97 Å². The van der Waals surface area contributed by atoms with Gasteiger partial charge in [0, 0.05) is 23.5 Å². The van der Waals surface area contributed by atoms with Crippen LogP contribution in [0.25, 0.3) is 0 Å². The second-order valence-corrected chi connectivity index (χ2v) is 12.6. The Morgan fingerprint density at radius 3 is 1.26 bits per heavy atom. The summed E-state index contributed by atoms with van der Waals surface area (Å²) in [5.41, 5.74) is 9.02. The second kappa shape index (κ2) is 23.2. The Kier molecular flexibility index (Phi) is 18.4. The van der Waals surface area contributed by atoms with Gasteiger partial charge in [-0.15, -0.1) is 0 Å². The molecule has 0 bridgehead atoms. The summed E-state index contributed by atoms with van der Waals surface area (Å²) in [7, 11) is 0. The van der Waals surface area contributed by atoms with Gasteiger partial charge in [0.1, 0.15) is 11.4 Å². The van der Waals surface area contributed by atoms with Crippen LogP contribution in [-0.2, 0) is 19.3 Å². The Hall–Kier alpha value is -4.14. The molecule has 2 nitrogen and oxygen atoms in total. The van der Waals surface area contributed by atoms with E-state index in [2.05, 4.69) is 109 Å². The molecule has 0 saturated carbocycles. The first-order valence-corrected chi connectivity index (χ1v) is 18.2. The fourth-order valence-electron chi connectivity index (χ4n) is 5.25. The molecule has 0 atom stereocenters. The molecule has 2 aromatic carbocycles. The smallest absolute Gasteiger partial charge is 0.113 e. The number of pyridine rings is 2. The van der Waals surface area contributed by atoms with Gasteiger partial charge < -0.3 is 0 Å². The van der Waals surface area contributed by atoms with Gasteiger partial charge >= 0.3 is 0 Å². The van der Waals surface area contributed by atoms with Crippen LogP contribution in [-0.4, -0.2) is 9.97 Å². The van der Waals surface area contributed by atoms with E-state index in [1.807, 2.05) is 37.5 Å². The number of aryl methyl sites for hydroxylation is 4. The highest BCUT2D eigenvalue weighted by molar-refractivity contribution is 5.42. The molecular formula is C45H56N2. The van der Waals surface area contributed by atoms with Crippen molar-refractivity contribution >= 4 is 0 Å². The molecule has 2 heteroatoms. The predicted octanol–water partition coefficient (Wildman–Crippen LogP) is 11.6. The maximum absolute atomic E-state index is 4.38. The van der Waals surface area contributed by atoms with E-state index in [0.29, 0.717) is 0 Å². The van der Waals surface area contributed by atoms with Crippen molar-refractivity contribution in [1.29, 1.82) is 0 Å². The zero-order valence-corrected chi connectivity index (χ0v) is 29.6. The maximum atomic E-state index is 4.38. The standard InChI is InChI=1S/C23H29N.C22H27N/c1-3-5-6-7-8-9-10-21-11-13-22(14-12-21)16-18-23-17-15-20(4-2)19-24-23;1-3-4-5-6-7-8-9-20-11-13-21(14-12-20)15-17-22-16-10-19(2)18-23-22/h11-15,17,19H,3-10H2,1-2H3;10-14,16,18H,3-9H2,1-2H3. The molecule has 0 aliphatic heterocycles. The molecule has 0 radical (unpaired) electrons. The average molecular weight is 625 g/mol. The molecule has 4 aromatic rings. The van der Waals surface area contributed by atoms with Crippen molar-refractivity contribution in [2.45, 2.75) is 124 Å². The third kappa shape index (κ3) is 16.3. The Morgan fingerprint density at radius 1 is 0.426 bits per heavy atom. The largest absolute Gasteiger partial charge is 0.248 e. The number of hydrogen-bond donors (Lipinski definition) is 0. The lowest BCUT2D eigenvalue weighted by atomic mass is 10.0. The van der Waals surface area contributed by atoms with Crippen LogP contribution >= 0.6 is 0 Å². The Bertz CT molecular complexity index is 1510. The predicted molar refractivity (Wildman–Crippen MR) is 202 cm³/mol. The van der Waals surface area contributed by atoms with Gasteiger partial charge in [-0.3, -0.25) is 0 Å². The number of nitrogens with zero attached hydrogens (tertiary/aromatic N) is 2. The fraction of sp³-hybridized carbons (Fsp3) is 0.422. The number of rotatable bonds is 15. The van der Waals surface area contributed by atoms with Crippen molar-refractivity contribution < 1.29 is 0 Å². The van der Waals surface area contributed by atoms with Gasteiger partial charge in [0.25, 0.3) is 0 Å². The van der Waals surface area contributed by atoms with Crippen molar-refractivity contribution in [1.82, 2.24) is 9.97 Å². The Labute approximate surface area is 286 Å². The normalized spacial score (nSPS) is 10.2. The average Bonchev–Trinajstić information content (AvgIpc) is 3.11. The van der Waals surface area contributed by atoms with Crippen LogP contribution in [0.1, 0.15) is 143 Å². The maximum Gasteiger partial charge on any atom is 0.113 e. The zero-order valence-electron chi connectivity index (χ0n) is 29.6. The lowest BCUT2D eigenvalue weighted by molar-refractivity contribution is 0.607. The lowest BCUT2D eigenvalue weighted by Gasteiger charge is -2.02. The molecule has 2 heterocycles. The van der Waals surface area contributed by atoms with Crippen LogP contribution in [0.2, 0.25) is 0 Å². The zero-order chi connectivity index (χ0) is 33.4. The van der Waals surface area contributed by atoms with E-state index in [9.17, 15) is 0 Å². The SMILES string of the molecule is CCCCCCCCc1ccc(C#Cc2ccc(C)cn2)cc1.CCCCCCCCc1ccc(C#Cc2ccc(CC)cn2)cc1. The summed E-state index contributed by atoms with van der Waals surface area (Å²) < 4.78 is 0. The molecule has 0 N–H and O–H groups in total. The summed E-state index contributed by atoms with van der Waals surface area (Å²) in [6.45, 7) is 8.70. The van der Waals surface area contributed by atoms with Gasteiger partial charge in [0.15, 0.2) is 0 Å². The molecule has 0 spiro atoms. The molecule has 0 unspecified atom stereocenters. The highest BCUT2D eigenvalue weighted by Gasteiger charge is 1.97. The summed E-state index contributed by atoms with van der Waals surface area (Å²) in [4.78, 5) is 8.69. The lowest BCUT2D eigenvalue weighted by Crippen LogP contribution is -1.87. The van der Waals surface area contributed by atoms with Gasteiger partial charge in [-0.05, 0) is 110 Å². The van der Waals surface area contributed by atoms with Crippen LogP contribution in [0, 0.1) is 30.6 Å². The summed E-state index contributed by atoms with van der Waals surface area (Å²) >= 11 is 0. The summed E-state index contributed by atoms with van der Waals surface area (Å²) in [5.74, 6) is 12.6. The van der Waals surface area contributed by atoms with Crippen LogP contribution in [0.4, 0.5) is 0 Å². The Morgan fingerprint density at radius 2 is 0.851 bits per heavy atom. The van der Waals surface area contributed by atoms with E-state index in [1.54, 1.807) is 0 Å². The molecule has 2 aromatic heterocycles. The third-order valence-electron chi connectivity index (χ3n) is 8.36. The molecule has 0 aliphatic carbocycles. The molecular weight excluding hydrogens is 569 g/mol. The molecule has 0 amide bonds. The number of unbranched alkanes of at least 4 members (excludes halogenated alkanes) is 10. The number of aromatic nitrogens is 2. The first-order valence-electron chi connectivity index (χ1n) is 18.2. The van der Waals surface area contributed by atoms with E-state index in [0.717, 1.165) is 34.5 Å². The van der Waals surface area contributed by atoms with E-state index in [4.69, 9.17) is 0 Å². The molecule has 0 saturated heterocycles. The van der Waals surface area contributed by atoms with Crippen LogP contribution in [0.3, 0.4) is 0 Å². The molecule has 246 valence electrons. The summed E-state index contributed by atoms with van der Waals surface area (Å²) in [5, 5.41) is 0. The topological polar surface area (TPSA) is 25.8 Å². The van der Waals surface area contributed by atoms with E-state index < -0.39 is 0 Å².